The number of aromatic nitrogens is 2. The number of nitro benzene ring substituents is 1. The van der Waals surface area contributed by atoms with Crippen molar-refractivity contribution in [1.82, 2.24) is 9.97 Å². The number of non-ortho nitro benzene ring substituents is 1. The van der Waals surface area contributed by atoms with Crippen molar-refractivity contribution in [3.05, 3.63) is 63.8 Å². The molecular weight excluding hydrogens is 396 g/mol. The molecule has 0 bridgehead atoms. The number of benzene rings is 1. The summed E-state index contributed by atoms with van der Waals surface area (Å²) in [6.45, 7) is 3.04. The smallest absolute Gasteiger partial charge is 0.270 e. The van der Waals surface area contributed by atoms with Gasteiger partial charge in [-0.05, 0) is 44.0 Å². The molecule has 1 fully saturated rings. The monoisotopic (exact) mass is 416 g/mol. The minimum absolute atomic E-state index is 0.0852. The molecule has 0 saturated carbocycles. The Morgan fingerprint density at radius 2 is 2.13 bits per heavy atom. The molecule has 156 valence electrons. The maximum atomic E-state index is 12.8. The Labute approximate surface area is 178 Å². The second-order valence-corrected chi connectivity index (χ2v) is 7.54. The predicted octanol–water partition coefficient (Wildman–Crippen LogP) is 3.57. The largest absolute Gasteiger partial charge is 0.356 e. The van der Waals surface area contributed by atoms with Crippen LogP contribution in [0, 0.1) is 34.3 Å². The van der Waals surface area contributed by atoms with Gasteiger partial charge in [-0.3, -0.25) is 14.9 Å². The molecule has 1 atom stereocenters. The summed E-state index contributed by atoms with van der Waals surface area (Å²) in [5.41, 5.74) is 1.57. The third kappa shape index (κ3) is 4.28. The Balaban J connectivity index is 1.57. The number of pyridine rings is 2. The van der Waals surface area contributed by atoms with E-state index in [0.717, 1.165) is 18.5 Å². The number of aryl methyl sites for hydroxylation is 1. The fraction of sp³-hybridized carbons (Fsp3) is 0.273. The fourth-order valence-corrected chi connectivity index (χ4v) is 3.81. The van der Waals surface area contributed by atoms with Gasteiger partial charge in [0.1, 0.15) is 11.6 Å². The number of nitro groups is 1. The lowest BCUT2D eigenvalue weighted by atomic mass is 9.97. The molecule has 1 saturated heterocycles. The molecular formula is C22H20N6O3. The van der Waals surface area contributed by atoms with E-state index in [9.17, 15) is 20.2 Å². The number of hydrogen-bond acceptors (Lipinski definition) is 7. The molecule has 4 rings (SSSR count). The molecule has 1 unspecified atom stereocenters. The Bertz CT molecular complexity index is 1220. The van der Waals surface area contributed by atoms with Gasteiger partial charge in [0.15, 0.2) is 0 Å². The molecule has 3 aromatic rings. The highest BCUT2D eigenvalue weighted by molar-refractivity contribution is 5.92. The quantitative estimate of drug-likeness (QED) is 0.509. The van der Waals surface area contributed by atoms with Gasteiger partial charge >= 0.3 is 0 Å². The van der Waals surface area contributed by atoms with Crippen LogP contribution >= 0.6 is 0 Å². The van der Waals surface area contributed by atoms with Crippen LogP contribution in [0.5, 0.6) is 0 Å². The van der Waals surface area contributed by atoms with Gasteiger partial charge in [-0.1, -0.05) is 6.07 Å². The number of carbonyl (C=O) groups is 1. The van der Waals surface area contributed by atoms with Crippen LogP contribution in [0.4, 0.5) is 17.3 Å². The maximum absolute atomic E-state index is 12.8. The van der Waals surface area contributed by atoms with E-state index in [2.05, 4.69) is 21.4 Å². The summed E-state index contributed by atoms with van der Waals surface area (Å²) >= 11 is 0. The number of nitrogens with zero attached hydrogens (tertiary/aromatic N) is 5. The van der Waals surface area contributed by atoms with Crippen molar-refractivity contribution in [1.29, 1.82) is 5.26 Å². The first-order valence-electron chi connectivity index (χ1n) is 9.93. The predicted molar refractivity (Wildman–Crippen MR) is 116 cm³/mol. The minimum atomic E-state index is -0.495. The first-order valence-corrected chi connectivity index (χ1v) is 9.93. The van der Waals surface area contributed by atoms with Gasteiger partial charge < -0.3 is 10.2 Å². The molecule has 0 radical (unpaired) electrons. The Morgan fingerprint density at radius 3 is 2.87 bits per heavy atom. The molecule has 1 N–H and O–H groups in total. The van der Waals surface area contributed by atoms with Crippen molar-refractivity contribution >= 4 is 34.1 Å². The Hall–Kier alpha value is -4.06. The summed E-state index contributed by atoms with van der Waals surface area (Å²) in [4.78, 5) is 34.3. The lowest BCUT2D eigenvalue weighted by Crippen LogP contribution is -2.41. The topological polar surface area (TPSA) is 125 Å². The van der Waals surface area contributed by atoms with Crippen LogP contribution < -0.4 is 10.2 Å². The zero-order chi connectivity index (χ0) is 22.0. The van der Waals surface area contributed by atoms with Gasteiger partial charge in [0.25, 0.3) is 5.69 Å². The number of piperidine rings is 1. The first-order chi connectivity index (χ1) is 14.9. The Morgan fingerprint density at radius 1 is 1.29 bits per heavy atom. The highest BCUT2D eigenvalue weighted by atomic mass is 16.6. The zero-order valence-electron chi connectivity index (χ0n) is 16.9. The van der Waals surface area contributed by atoms with Crippen LogP contribution in [0.2, 0.25) is 0 Å². The molecule has 1 amide bonds. The van der Waals surface area contributed by atoms with Crippen molar-refractivity contribution in [3.8, 4) is 6.07 Å². The van der Waals surface area contributed by atoms with E-state index in [1.807, 2.05) is 24.0 Å². The number of hydrogen-bond donors (Lipinski definition) is 1. The molecule has 1 aliphatic heterocycles. The lowest BCUT2D eigenvalue weighted by Gasteiger charge is -2.33. The normalized spacial score (nSPS) is 16.0. The number of amides is 1. The van der Waals surface area contributed by atoms with Crippen molar-refractivity contribution < 1.29 is 9.72 Å². The minimum Gasteiger partial charge on any atom is -0.356 e. The molecule has 9 nitrogen and oxygen atoms in total. The van der Waals surface area contributed by atoms with E-state index in [4.69, 9.17) is 0 Å². The van der Waals surface area contributed by atoms with E-state index < -0.39 is 4.92 Å². The second kappa shape index (κ2) is 8.36. The van der Waals surface area contributed by atoms with Crippen molar-refractivity contribution in [2.45, 2.75) is 19.8 Å². The number of carbonyl (C=O) groups excluding carboxylic acids is 1. The third-order valence-electron chi connectivity index (χ3n) is 5.37. The van der Waals surface area contributed by atoms with Crippen LogP contribution in [-0.4, -0.2) is 33.9 Å². The maximum Gasteiger partial charge on any atom is 0.270 e. The third-order valence-corrected chi connectivity index (χ3v) is 5.37. The number of rotatable bonds is 4. The summed E-state index contributed by atoms with van der Waals surface area (Å²) in [5.74, 6) is 0.777. The van der Waals surface area contributed by atoms with Crippen molar-refractivity contribution in [2.75, 3.05) is 23.3 Å². The van der Waals surface area contributed by atoms with Gasteiger partial charge in [0, 0.05) is 36.3 Å². The molecule has 9 heteroatoms. The Kier molecular flexibility index (Phi) is 5.45. The molecule has 31 heavy (non-hydrogen) atoms. The van der Waals surface area contributed by atoms with Gasteiger partial charge in [-0.2, -0.15) is 5.26 Å². The zero-order valence-corrected chi connectivity index (χ0v) is 16.9. The van der Waals surface area contributed by atoms with Crippen LogP contribution in [-0.2, 0) is 4.79 Å². The van der Waals surface area contributed by atoms with E-state index in [1.54, 1.807) is 18.2 Å². The summed E-state index contributed by atoms with van der Waals surface area (Å²) in [7, 11) is 0. The van der Waals surface area contributed by atoms with Crippen LogP contribution in [0.25, 0.3) is 10.9 Å². The van der Waals surface area contributed by atoms with Crippen molar-refractivity contribution in [3.63, 3.8) is 0 Å². The van der Waals surface area contributed by atoms with Crippen LogP contribution in [0.15, 0.2) is 42.5 Å². The second-order valence-electron chi connectivity index (χ2n) is 7.54. The number of anilines is 2. The molecule has 3 heterocycles. The van der Waals surface area contributed by atoms with Gasteiger partial charge in [0.2, 0.25) is 5.91 Å². The van der Waals surface area contributed by atoms with Gasteiger partial charge in [-0.15, -0.1) is 0 Å². The van der Waals surface area contributed by atoms with Crippen LogP contribution in [0.3, 0.4) is 0 Å². The average molecular weight is 416 g/mol. The van der Waals surface area contributed by atoms with Gasteiger partial charge in [-0.25, -0.2) is 9.97 Å². The van der Waals surface area contributed by atoms with Gasteiger partial charge in [0.05, 0.1) is 28.0 Å². The van der Waals surface area contributed by atoms with E-state index in [1.165, 1.54) is 12.1 Å². The van der Waals surface area contributed by atoms with E-state index in [0.29, 0.717) is 41.2 Å². The molecule has 0 spiro atoms. The van der Waals surface area contributed by atoms with Crippen molar-refractivity contribution in [2.24, 2.45) is 5.92 Å². The van der Waals surface area contributed by atoms with Crippen LogP contribution in [0.1, 0.15) is 24.1 Å². The van der Waals surface area contributed by atoms with E-state index in [-0.39, 0.29) is 17.5 Å². The first kappa shape index (κ1) is 20.2. The standard InChI is InChI=1S/C22H20N6O3/c1-14-4-2-6-20(24-14)26-22(29)15-5-3-9-27(13-15)21-10-16(12-23)18-11-17(28(30)31)7-8-19(18)25-21/h2,4,6-8,10-11,15H,3,5,9,13H2,1H3,(H,24,26,29). The number of nitrogens with one attached hydrogen (secondary N) is 1. The molecule has 2 aromatic heterocycles. The average Bonchev–Trinajstić information content (AvgIpc) is 2.78. The SMILES string of the molecule is Cc1cccc(NC(=O)C2CCCN(c3cc(C#N)c4cc([N+](=O)[O-])ccc4n3)C2)n1. The lowest BCUT2D eigenvalue weighted by molar-refractivity contribution is -0.384. The summed E-state index contributed by atoms with van der Waals surface area (Å²) in [5, 5.41) is 24.0. The molecule has 1 aliphatic rings. The molecule has 0 aliphatic carbocycles. The summed E-state index contributed by atoms with van der Waals surface area (Å²) < 4.78 is 0. The summed E-state index contributed by atoms with van der Waals surface area (Å²) in [6, 6.07) is 13.5. The van der Waals surface area contributed by atoms with E-state index >= 15 is 0 Å². The number of fused-ring (bicyclic) bond motifs is 1. The fourth-order valence-electron chi connectivity index (χ4n) is 3.81. The molecule has 1 aromatic carbocycles. The summed E-state index contributed by atoms with van der Waals surface area (Å²) in [6.07, 6.45) is 1.56. The highest BCUT2D eigenvalue weighted by Crippen LogP contribution is 2.29. The highest BCUT2D eigenvalue weighted by Gasteiger charge is 2.27. The number of nitriles is 1.